The summed E-state index contributed by atoms with van der Waals surface area (Å²) < 4.78 is 24.2. The lowest BCUT2D eigenvalue weighted by atomic mass is 10.1. The molecule has 0 aliphatic carbocycles. The lowest BCUT2D eigenvalue weighted by molar-refractivity contribution is 0.0295. The second kappa shape index (κ2) is 8.40. The Balaban J connectivity index is 1.45. The molecule has 0 radical (unpaired) electrons. The van der Waals surface area contributed by atoms with Crippen LogP contribution in [-0.2, 0) is 9.47 Å². The fourth-order valence-corrected chi connectivity index (χ4v) is 4.31. The molecule has 5 rings (SSSR count). The molecule has 0 bridgehead atoms. The minimum absolute atomic E-state index is 0.134. The Bertz CT molecular complexity index is 1130. The van der Waals surface area contributed by atoms with E-state index in [1.807, 2.05) is 30.3 Å². The van der Waals surface area contributed by atoms with Crippen LogP contribution < -0.4 is 20.5 Å². The van der Waals surface area contributed by atoms with E-state index >= 15 is 0 Å². The van der Waals surface area contributed by atoms with Crippen LogP contribution in [-0.4, -0.2) is 54.6 Å². The Morgan fingerprint density at radius 3 is 2.77 bits per heavy atom. The van der Waals surface area contributed by atoms with E-state index in [4.69, 9.17) is 36.3 Å². The highest BCUT2D eigenvalue weighted by molar-refractivity contribution is 9.10. The molecule has 0 amide bonds. The molecule has 4 atom stereocenters. The molecule has 0 saturated carbocycles. The number of nitrogens with two attached hydrogens (primary N) is 1. The number of benzene rings is 2. The smallest absolute Gasteiger partial charge is 0.164 e. The van der Waals surface area contributed by atoms with Crippen molar-refractivity contribution in [3.8, 4) is 11.5 Å². The minimum atomic E-state index is -0.269. The van der Waals surface area contributed by atoms with Crippen LogP contribution in [0.2, 0.25) is 5.02 Å². The van der Waals surface area contributed by atoms with Crippen molar-refractivity contribution in [2.24, 2.45) is 5.73 Å². The third-order valence-electron chi connectivity index (χ3n) is 5.43. The molecule has 1 aromatic heterocycles. The van der Waals surface area contributed by atoms with Crippen molar-refractivity contribution < 1.29 is 18.9 Å². The zero-order chi connectivity index (χ0) is 21.5. The molecule has 3 N–H and O–H groups in total. The zero-order valence-electron chi connectivity index (χ0n) is 16.5. The Labute approximate surface area is 192 Å². The molecule has 3 aromatic rings. The zero-order valence-corrected chi connectivity index (χ0v) is 18.9. The number of methoxy groups -OCH3 is 1. The van der Waals surface area contributed by atoms with Gasteiger partial charge in [-0.1, -0.05) is 11.6 Å². The number of nitrogens with zero attached hydrogens (tertiary/aromatic N) is 2. The second-order valence-corrected chi connectivity index (χ2v) is 8.67. The van der Waals surface area contributed by atoms with Gasteiger partial charge in [-0.2, -0.15) is 0 Å². The molecule has 3 heterocycles. The number of halogens is 2. The lowest BCUT2D eigenvalue weighted by Gasteiger charge is -2.20. The molecule has 8 nitrogen and oxygen atoms in total. The number of nitrogens with one attached hydrogen (secondary N) is 1. The molecule has 162 valence electrons. The van der Waals surface area contributed by atoms with Crippen LogP contribution in [0.5, 0.6) is 11.5 Å². The van der Waals surface area contributed by atoms with Crippen molar-refractivity contribution >= 4 is 49.9 Å². The average molecular weight is 508 g/mol. The van der Waals surface area contributed by atoms with E-state index < -0.39 is 0 Å². The summed E-state index contributed by atoms with van der Waals surface area (Å²) in [6, 6.07) is 9.14. The summed E-state index contributed by atoms with van der Waals surface area (Å²) >= 11 is 9.61. The van der Waals surface area contributed by atoms with E-state index in [-0.39, 0.29) is 24.4 Å². The van der Waals surface area contributed by atoms with Gasteiger partial charge >= 0.3 is 0 Å². The molecule has 2 fully saturated rings. The largest absolute Gasteiger partial charge is 0.493 e. The molecule has 31 heavy (non-hydrogen) atoms. The summed E-state index contributed by atoms with van der Waals surface area (Å²) in [7, 11) is 1.59. The van der Waals surface area contributed by atoms with Crippen molar-refractivity contribution in [1.29, 1.82) is 0 Å². The van der Waals surface area contributed by atoms with Crippen molar-refractivity contribution in [2.45, 2.75) is 24.4 Å². The summed E-state index contributed by atoms with van der Waals surface area (Å²) in [5, 5.41) is 4.67. The molecule has 0 spiro atoms. The van der Waals surface area contributed by atoms with Crippen LogP contribution in [0.1, 0.15) is 0 Å². The first-order valence-corrected chi connectivity index (χ1v) is 10.9. The number of rotatable bonds is 5. The number of hydrogen-bond acceptors (Lipinski definition) is 8. The van der Waals surface area contributed by atoms with E-state index in [2.05, 4.69) is 31.2 Å². The quantitative estimate of drug-likeness (QED) is 0.539. The van der Waals surface area contributed by atoms with E-state index in [1.165, 1.54) is 6.33 Å². The molecule has 2 aliphatic heterocycles. The maximum atomic E-state index is 6.22. The third kappa shape index (κ3) is 3.92. The van der Waals surface area contributed by atoms with Crippen LogP contribution >= 0.6 is 27.5 Å². The third-order valence-corrected chi connectivity index (χ3v) is 6.66. The van der Waals surface area contributed by atoms with Crippen LogP contribution in [0.25, 0.3) is 10.9 Å². The summed E-state index contributed by atoms with van der Waals surface area (Å²) in [5.41, 5.74) is 7.55. The fraction of sp³-hybridized carbons (Fsp3) is 0.333. The maximum absolute atomic E-state index is 6.22. The Hall–Kier alpha value is -2.17. The van der Waals surface area contributed by atoms with Gasteiger partial charge in [0.1, 0.15) is 24.4 Å². The van der Waals surface area contributed by atoms with Crippen LogP contribution in [0.4, 0.5) is 11.5 Å². The van der Waals surface area contributed by atoms with Gasteiger partial charge in [-0.3, -0.25) is 0 Å². The fourth-order valence-electron chi connectivity index (χ4n) is 3.88. The van der Waals surface area contributed by atoms with E-state index in [0.717, 1.165) is 15.5 Å². The first kappa shape index (κ1) is 20.7. The van der Waals surface area contributed by atoms with Crippen LogP contribution in [0.15, 0.2) is 41.1 Å². The predicted molar refractivity (Wildman–Crippen MR) is 120 cm³/mol. The van der Waals surface area contributed by atoms with Gasteiger partial charge in [0, 0.05) is 21.6 Å². The molecule has 10 heteroatoms. The maximum Gasteiger partial charge on any atom is 0.164 e. The second-order valence-electron chi connectivity index (χ2n) is 7.41. The van der Waals surface area contributed by atoms with Crippen molar-refractivity contribution in [2.75, 3.05) is 25.6 Å². The number of hydrogen-bond donors (Lipinski definition) is 2. The van der Waals surface area contributed by atoms with E-state index in [1.54, 1.807) is 7.11 Å². The van der Waals surface area contributed by atoms with Gasteiger partial charge in [0.2, 0.25) is 0 Å². The Morgan fingerprint density at radius 2 is 1.97 bits per heavy atom. The van der Waals surface area contributed by atoms with Gasteiger partial charge in [0.05, 0.1) is 36.9 Å². The molecular weight excluding hydrogens is 488 g/mol. The van der Waals surface area contributed by atoms with Crippen LogP contribution in [0.3, 0.4) is 0 Å². The Morgan fingerprint density at radius 1 is 1.13 bits per heavy atom. The van der Waals surface area contributed by atoms with Gasteiger partial charge in [0.15, 0.2) is 17.6 Å². The van der Waals surface area contributed by atoms with E-state index in [9.17, 15) is 0 Å². The molecule has 2 aromatic carbocycles. The Kier molecular flexibility index (Phi) is 5.61. The molecule has 2 saturated heterocycles. The van der Waals surface area contributed by atoms with Crippen LogP contribution in [0, 0.1) is 0 Å². The van der Waals surface area contributed by atoms with Gasteiger partial charge < -0.3 is 30.0 Å². The number of aromatic nitrogens is 2. The summed E-state index contributed by atoms with van der Waals surface area (Å²) in [4.78, 5) is 8.79. The highest BCUT2D eigenvalue weighted by atomic mass is 79.9. The SMILES string of the molecule is COc1cc2c(Nc3ccc(Br)c(Cl)c3)ncnc2cc1OC1CO[C@H]2[C@H](N)CO[C@@H]12. The summed E-state index contributed by atoms with van der Waals surface area (Å²) in [5.74, 6) is 1.75. The lowest BCUT2D eigenvalue weighted by Crippen LogP contribution is -2.38. The monoisotopic (exact) mass is 506 g/mol. The normalized spacial score (nSPS) is 24.9. The number of anilines is 2. The highest BCUT2D eigenvalue weighted by Crippen LogP contribution is 2.38. The highest BCUT2D eigenvalue weighted by Gasteiger charge is 2.47. The molecule has 1 unspecified atom stereocenters. The first-order valence-electron chi connectivity index (χ1n) is 9.74. The van der Waals surface area contributed by atoms with Gasteiger partial charge in [-0.15, -0.1) is 0 Å². The topological polar surface area (TPSA) is 101 Å². The minimum Gasteiger partial charge on any atom is -0.493 e. The van der Waals surface area contributed by atoms with Gasteiger partial charge in [-0.25, -0.2) is 9.97 Å². The predicted octanol–water partition coefficient (Wildman–Crippen LogP) is 3.67. The van der Waals surface area contributed by atoms with Gasteiger partial charge in [0.25, 0.3) is 0 Å². The van der Waals surface area contributed by atoms with Crippen molar-refractivity contribution in [3.05, 3.63) is 46.2 Å². The van der Waals surface area contributed by atoms with E-state index in [0.29, 0.717) is 41.1 Å². The molecule has 2 aliphatic rings. The van der Waals surface area contributed by atoms with Crippen molar-refractivity contribution in [3.63, 3.8) is 0 Å². The first-order chi connectivity index (χ1) is 15.0. The molecular formula is C21H20BrClN4O4. The number of fused-ring (bicyclic) bond motifs is 2. The summed E-state index contributed by atoms with van der Waals surface area (Å²) in [6.07, 6.45) is 0.886. The summed E-state index contributed by atoms with van der Waals surface area (Å²) in [6.45, 7) is 0.873. The number of ether oxygens (including phenoxy) is 4. The van der Waals surface area contributed by atoms with Crippen molar-refractivity contribution in [1.82, 2.24) is 9.97 Å². The van der Waals surface area contributed by atoms with Gasteiger partial charge in [-0.05, 0) is 40.2 Å². The standard InChI is InChI=1S/C21H20BrClN4O4/c1-28-16-5-11-15(6-17(16)31-18-8-30-19-14(24)7-29-20(18)19)25-9-26-21(11)27-10-2-3-12(22)13(23)4-10/h2-6,9,14,18-20H,7-8,24H2,1H3,(H,25,26,27)/t14-,18?,19+,20+/m1/s1. The average Bonchev–Trinajstić information content (AvgIpc) is 3.34.